The normalized spacial score (nSPS) is 10.2. The van der Waals surface area contributed by atoms with Crippen molar-refractivity contribution in [3.05, 3.63) is 72.8 Å². The van der Waals surface area contributed by atoms with Gasteiger partial charge in [-0.2, -0.15) is 0 Å². The molecule has 1 aromatic heterocycles. The Morgan fingerprint density at radius 3 is 2.62 bits per heavy atom. The second kappa shape index (κ2) is 7.01. The number of benzene rings is 2. The molecule has 0 aliphatic heterocycles. The summed E-state index contributed by atoms with van der Waals surface area (Å²) in [6.45, 7) is 0. The fourth-order valence-electron chi connectivity index (χ4n) is 2.04. The van der Waals surface area contributed by atoms with Gasteiger partial charge in [0.1, 0.15) is 12.1 Å². The van der Waals surface area contributed by atoms with E-state index < -0.39 is 6.09 Å². The Morgan fingerprint density at radius 2 is 1.92 bits per heavy atom. The molecule has 0 unspecified atom stereocenters. The maximum atomic E-state index is 12.4. The number of nitrogens with zero attached hydrogens (tertiary/aromatic N) is 2. The summed E-state index contributed by atoms with van der Waals surface area (Å²) in [6, 6.07) is 13.5. The Hall–Kier alpha value is -3.06. The predicted octanol–water partition coefficient (Wildman–Crippen LogP) is 3.47. The molecule has 6 nitrogen and oxygen atoms in total. The standard InChI is InChI=1S/C17H13N3O3S/c21-16(20-9-8-18-11-20)14-10-12(6-7-15(14)24)19-17(22)23-13-4-2-1-3-5-13/h1-11,24H,(H,19,22). The summed E-state index contributed by atoms with van der Waals surface area (Å²) in [7, 11) is 0. The van der Waals surface area contributed by atoms with Crippen molar-refractivity contribution in [1.29, 1.82) is 0 Å². The van der Waals surface area contributed by atoms with E-state index in [9.17, 15) is 9.59 Å². The van der Waals surface area contributed by atoms with Crippen LogP contribution in [0, 0.1) is 0 Å². The van der Waals surface area contributed by atoms with Crippen molar-refractivity contribution in [1.82, 2.24) is 9.55 Å². The number of thiol groups is 1. The summed E-state index contributed by atoms with van der Waals surface area (Å²) >= 11 is 4.29. The molecule has 0 bridgehead atoms. The molecule has 3 aromatic rings. The van der Waals surface area contributed by atoms with E-state index >= 15 is 0 Å². The van der Waals surface area contributed by atoms with Gasteiger partial charge in [0.05, 0.1) is 5.56 Å². The summed E-state index contributed by atoms with van der Waals surface area (Å²) < 4.78 is 6.49. The zero-order chi connectivity index (χ0) is 16.9. The van der Waals surface area contributed by atoms with Gasteiger partial charge in [0.25, 0.3) is 5.91 Å². The van der Waals surface area contributed by atoms with Crippen molar-refractivity contribution in [2.75, 3.05) is 5.32 Å². The van der Waals surface area contributed by atoms with Gasteiger partial charge in [0, 0.05) is 23.0 Å². The smallest absolute Gasteiger partial charge is 0.410 e. The molecule has 0 saturated heterocycles. The van der Waals surface area contributed by atoms with Crippen LogP contribution in [0.15, 0.2) is 72.1 Å². The van der Waals surface area contributed by atoms with E-state index in [2.05, 4.69) is 22.9 Å². The molecule has 1 amide bonds. The lowest BCUT2D eigenvalue weighted by Gasteiger charge is -2.10. The maximum Gasteiger partial charge on any atom is 0.417 e. The number of para-hydroxylation sites is 1. The molecule has 7 heteroatoms. The topological polar surface area (TPSA) is 73.2 Å². The molecular weight excluding hydrogens is 326 g/mol. The number of amides is 1. The molecule has 0 saturated carbocycles. The summed E-state index contributed by atoms with van der Waals surface area (Å²) in [5, 5.41) is 2.59. The Bertz CT molecular complexity index is 864. The molecule has 0 aliphatic rings. The number of aromatic nitrogens is 2. The highest BCUT2D eigenvalue weighted by molar-refractivity contribution is 7.80. The first-order valence-corrected chi connectivity index (χ1v) is 7.48. The minimum Gasteiger partial charge on any atom is -0.410 e. The Morgan fingerprint density at radius 1 is 1.12 bits per heavy atom. The minimum atomic E-state index is -0.644. The fraction of sp³-hybridized carbons (Fsp3) is 0. The van der Waals surface area contributed by atoms with Crippen LogP contribution in [-0.2, 0) is 0 Å². The van der Waals surface area contributed by atoms with Crippen LogP contribution in [0.2, 0.25) is 0 Å². The number of rotatable bonds is 3. The molecule has 0 aliphatic carbocycles. The van der Waals surface area contributed by atoms with Crippen LogP contribution in [0.4, 0.5) is 10.5 Å². The first-order valence-electron chi connectivity index (χ1n) is 7.03. The molecule has 1 N–H and O–H groups in total. The van der Waals surface area contributed by atoms with Gasteiger partial charge in [-0.05, 0) is 30.3 Å². The molecule has 3 rings (SSSR count). The number of carbonyl (C=O) groups excluding carboxylic acids is 2. The second-order valence-corrected chi connectivity index (χ2v) is 5.32. The second-order valence-electron chi connectivity index (χ2n) is 4.83. The lowest BCUT2D eigenvalue weighted by molar-refractivity contribution is 0.0957. The zero-order valence-electron chi connectivity index (χ0n) is 12.4. The van der Waals surface area contributed by atoms with Crippen LogP contribution in [-0.4, -0.2) is 21.6 Å². The van der Waals surface area contributed by atoms with Crippen LogP contribution in [0.1, 0.15) is 10.4 Å². The van der Waals surface area contributed by atoms with Crippen LogP contribution >= 0.6 is 12.6 Å². The molecule has 0 spiro atoms. The average Bonchev–Trinajstić information content (AvgIpc) is 3.11. The fourth-order valence-corrected chi connectivity index (χ4v) is 2.28. The van der Waals surface area contributed by atoms with Gasteiger partial charge < -0.3 is 4.74 Å². The predicted molar refractivity (Wildman–Crippen MR) is 91.7 cm³/mol. The zero-order valence-corrected chi connectivity index (χ0v) is 13.3. The lowest BCUT2D eigenvalue weighted by atomic mass is 10.2. The van der Waals surface area contributed by atoms with Gasteiger partial charge in [0.15, 0.2) is 0 Å². The van der Waals surface area contributed by atoms with Crippen LogP contribution < -0.4 is 10.1 Å². The molecule has 0 fully saturated rings. The van der Waals surface area contributed by atoms with Crippen LogP contribution in [0.5, 0.6) is 5.75 Å². The molecule has 0 radical (unpaired) electrons. The third kappa shape index (κ3) is 3.64. The van der Waals surface area contributed by atoms with E-state index in [1.54, 1.807) is 42.6 Å². The molecule has 0 atom stereocenters. The molecule has 120 valence electrons. The maximum absolute atomic E-state index is 12.4. The number of imidazole rings is 1. The van der Waals surface area contributed by atoms with E-state index in [4.69, 9.17) is 4.74 Å². The quantitative estimate of drug-likeness (QED) is 0.717. The number of hydrogen-bond donors (Lipinski definition) is 2. The Kier molecular flexibility index (Phi) is 4.62. The van der Waals surface area contributed by atoms with E-state index in [-0.39, 0.29) is 5.91 Å². The van der Waals surface area contributed by atoms with Crippen LogP contribution in [0.25, 0.3) is 0 Å². The number of anilines is 1. The van der Waals surface area contributed by atoms with Gasteiger partial charge in [-0.25, -0.2) is 9.78 Å². The summed E-state index contributed by atoms with van der Waals surface area (Å²) in [6.07, 6.45) is 3.81. The van der Waals surface area contributed by atoms with E-state index in [0.29, 0.717) is 21.9 Å². The Labute approximate surface area is 143 Å². The molecule has 1 heterocycles. The molecule has 24 heavy (non-hydrogen) atoms. The third-order valence-corrected chi connectivity index (χ3v) is 3.56. The van der Waals surface area contributed by atoms with E-state index in [1.807, 2.05) is 6.07 Å². The first kappa shape index (κ1) is 15.8. The highest BCUT2D eigenvalue weighted by atomic mass is 32.1. The van der Waals surface area contributed by atoms with Crippen molar-refractivity contribution in [2.45, 2.75) is 4.90 Å². The van der Waals surface area contributed by atoms with Crippen molar-refractivity contribution >= 4 is 30.3 Å². The van der Waals surface area contributed by atoms with Crippen molar-refractivity contribution in [3.8, 4) is 5.75 Å². The number of carbonyl (C=O) groups is 2. The minimum absolute atomic E-state index is 0.294. The number of nitrogens with one attached hydrogen (secondary N) is 1. The average molecular weight is 339 g/mol. The SMILES string of the molecule is O=C(Nc1ccc(S)c(C(=O)n2ccnc2)c1)Oc1ccccc1. The third-order valence-electron chi connectivity index (χ3n) is 3.17. The Balaban J connectivity index is 1.76. The monoisotopic (exact) mass is 339 g/mol. The van der Waals surface area contributed by atoms with Gasteiger partial charge in [-0.1, -0.05) is 18.2 Å². The summed E-state index contributed by atoms with van der Waals surface area (Å²) in [5.74, 6) is 0.133. The van der Waals surface area contributed by atoms with Gasteiger partial charge in [-0.15, -0.1) is 12.6 Å². The molecule has 2 aromatic carbocycles. The van der Waals surface area contributed by atoms with E-state index in [1.165, 1.54) is 23.2 Å². The largest absolute Gasteiger partial charge is 0.417 e. The summed E-state index contributed by atoms with van der Waals surface area (Å²) in [5.41, 5.74) is 0.769. The van der Waals surface area contributed by atoms with Crippen molar-refractivity contribution in [2.24, 2.45) is 0 Å². The first-order chi connectivity index (χ1) is 11.6. The summed E-state index contributed by atoms with van der Waals surface area (Å²) in [4.78, 5) is 28.7. The number of ether oxygens (including phenoxy) is 1. The van der Waals surface area contributed by atoms with Crippen LogP contribution in [0.3, 0.4) is 0 Å². The van der Waals surface area contributed by atoms with Gasteiger partial charge >= 0.3 is 6.09 Å². The van der Waals surface area contributed by atoms with Crippen molar-refractivity contribution in [3.63, 3.8) is 0 Å². The number of hydrogen-bond acceptors (Lipinski definition) is 5. The highest BCUT2D eigenvalue weighted by Gasteiger charge is 2.14. The highest BCUT2D eigenvalue weighted by Crippen LogP contribution is 2.21. The van der Waals surface area contributed by atoms with Gasteiger partial charge in [-0.3, -0.25) is 14.7 Å². The van der Waals surface area contributed by atoms with Gasteiger partial charge in [0.2, 0.25) is 0 Å². The van der Waals surface area contributed by atoms with E-state index in [0.717, 1.165) is 0 Å². The van der Waals surface area contributed by atoms with Crippen molar-refractivity contribution < 1.29 is 14.3 Å². The lowest BCUT2D eigenvalue weighted by Crippen LogP contribution is -2.17. The molecular formula is C17H13N3O3S.